The second-order valence-corrected chi connectivity index (χ2v) is 5.75. The number of benzene rings is 1. The number of amides is 1. The third kappa shape index (κ3) is 3.58. The first kappa shape index (κ1) is 15.9. The van der Waals surface area contributed by atoms with Crippen molar-refractivity contribution in [3.63, 3.8) is 0 Å². The minimum absolute atomic E-state index is 0.316. The van der Waals surface area contributed by atoms with Crippen LogP contribution in [0.4, 0.5) is 5.69 Å². The van der Waals surface area contributed by atoms with Crippen molar-refractivity contribution in [3.05, 3.63) is 29.3 Å². The summed E-state index contributed by atoms with van der Waals surface area (Å²) in [7, 11) is 0. The van der Waals surface area contributed by atoms with Crippen LogP contribution in [-0.2, 0) is 17.6 Å². The smallest absolute Gasteiger partial charge is 0.222 e. The second kappa shape index (κ2) is 7.48. The largest absolute Gasteiger partial charge is 0.368 e. The summed E-state index contributed by atoms with van der Waals surface area (Å²) in [5, 5.41) is 0. The maximum absolute atomic E-state index is 12.0. The van der Waals surface area contributed by atoms with Crippen molar-refractivity contribution in [2.45, 2.75) is 46.5 Å². The molecule has 0 saturated carbocycles. The Labute approximate surface area is 128 Å². The van der Waals surface area contributed by atoms with Gasteiger partial charge in [0, 0.05) is 38.3 Å². The van der Waals surface area contributed by atoms with Gasteiger partial charge >= 0.3 is 0 Å². The highest BCUT2D eigenvalue weighted by molar-refractivity contribution is 5.76. The van der Waals surface area contributed by atoms with Crippen LogP contribution in [0, 0.1) is 0 Å². The zero-order chi connectivity index (χ0) is 15.2. The summed E-state index contributed by atoms with van der Waals surface area (Å²) in [6.07, 6.45) is 3.76. The van der Waals surface area contributed by atoms with Gasteiger partial charge in [-0.15, -0.1) is 0 Å². The van der Waals surface area contributed by atoms with Crippen LogP contribution < -0.4 is 4.90 Å². The van der Waals surface area contributed by atoms with Crippen molar-refractivity contribution in [2.75, 3.05) is 31.1 Å². The van der Waals surface area contributed by atoms with Crippen LogP contribution in [0.3, 0.4) is 0 Å². The van der Waals surface area contributed by atoms with Gasteiger partial charge in [-0.05, 0) is 30.4 Å². The average Bonchev–Trinajstić information content (AvgIpc) is 2.54. The molecule has 0 bridgehead atoms. The van der Waals surface area contributed by atoms with Crippen LogP contribution in [0.25, 0.3) is 0 Å². The predicted molar refractivity (Wildman–Crippen MR) is 88.9 cm³/mol. The van der Waals surface area contributed by atoms with Crippen molar-refractivity contribution in [2.24, 2.45) is 0 Å². The molecule has 2 rings (SSSR count). The molecule has 1 heterocycles. The van der Waals surface area contributed by atoms with E-state index in [1.54, 1.807) is 0 Å². The van der Waals surface area contributed by atoms with Gasteiger partial charge in [-0.2, -0.15) is 0 Å². The first-order chi connectivity index (χ1) is 10.2. The molecule has 1 aliphatic heterocycles. The van der Waals surface area contributed by atoms with E-state index in [1.165, 1.54) is 16.8 Å². The normalized spacial score (nSPS) is 15.4. The Morgan fingerprint density at radius 1 is 1.00 bits per heavy atom. The van der Waals surface area contributed by atoms with Gasteiger partial charge in [0.1, 0.15) is 0 Å². The molecular formula is C18H28N2O. The quantitative estimate of drug-likeness (QED) is 0.830. The number of aryl methyl sites for hydroxylation is 2. The summed E-state index contributed by atoms with van der Waals surface area (Å²) in [4.78, 5) is 16.5. The minimum atomic E-state index is 0.316. The molecule has 0 aliphatic carbocycles. The van der Waals surface area contributed by atoms with Crippen LogP contribution >= 0.6 is 0 Å². The molecule has 1 aromatic carbocycles. The van der Waals surface area contributed by atoms with Gasteiger partial charge in [0.15, 0.2) is 0 Å². The average molecular weight is 288 g/mol. The van der Waals surface area contributed by atoms with Gasteiger partial charge < -0.3 is 9.80 Å². The second-order valence-electron chi connectivity index (χ2n) is 5.75. The molecule has 116 valence electrons. The molecule has 1 saturated heterocycles. The van der Waals surface area contributed by atoms with E-state index in [-0.39, 0.29) is 0 Å². The number of anilines is 1. The number of carbonyl (C=O) groups is 1. The monoisotopic (exact) mass is 288 g/mol. The van der Waals surface area contributed by atoms with Gasteiger partial charge in [-0.3, -0.25) is 4.79 Å². The molecule has 0 aromatic heterocycles. The number of rotatable bonds is 5. The van der Waals surface area contributed by atoms with Crippen molar-refractivity contribution in [1.82, 2.24) is 4.90 Å². The maximum atomic E-state index is 12.0. The van der Waals surface area contributed by atoms with Gasteiger partial charge in [-0.1, -0.05) is 39.0 Å². The molecule has 3 heteroatoms. The topological polar surface area (TPSA) is 23.6 Å². The van der Waals surface area contributed by atoms with E-state index in [0.29, 0.717) is 12.3 Å². The van der Waals surface area contributed by atoms with E-state index < -0.39 is 0 Å². The van der Waals surface area contributed by atoms with Crippen LogP contribution in [0.5, 0.6) is 0 Å². The third-order valence-electron chi connectivity index (χ3n) is 4.38. The number of para-hydroxylation sites is 1. The number of hydrogen-bond donors (Lipinski definition) is 0. The molecule has 1 amide bonds. The molecule has 3 nitrogen and oxygen atoms in total. The Kier molecular flexibility index (Phi) is 5.66. The lowest BCUT2D eigenvalue weighted by Crippen LogP contribution is -2.49. The SMILES string of the molecule is CCCC(=O)N1CCN(c2c(CC)cccc2CC)CC1. The molecule has 0 atom stereocenters. The summed E-state index contributed by atoms with van der Waals surface area (Å²) >= 11 is 0. The summed E-state index contributed by atoms with van der Waals surface area (Å²) < 4.78 is 0. The van der Waals surface area contributed by atoms with E-state index in [0.717, 1.165) is 45.4 Å². The molecule has 0 unspecified atom stereocenters. The first-order valence-electron chi connectivity index (χ1n) is 8.34. The summed E-state index contributed by atoms with van der Waals surface area (Å²) in [5.74, 6) is 0.316. The zero-order valence-corrected chi connectivity index (χ0v) is 13.7. The maximum Gasteiger partial charge on any atom is 0.222 e. The molecule has 21 heavy (non-hydrogen) atoms. The lowest BCUT2D eigenvalue weighted by atomic mass is 10.0. The molecular weight excluding hydrogens is 260 g/mol. The Bertz CT molecular complexity index is 454. The highest BCUT2D eigenvalue weighted by Gasteiger charge is 2.23. The van der Waals surface area contributed by atoms with Gasteiger partial charge in [-0.25, -0.2) is 0 Å². The van der Waals surface area contributed by atoms with E-state index in [4.69, 9.17) is 0 Å². The Morgan fingerprint density at radius 2 is 1.57 bits per heavy atom. The highest BCUT2D eigenvalue weighted by Crippen LogP contribution is 2.28. The minimum Gasteiger partial charge on any atom is -0.368 e. The van der Waals surface area contributed by atoms with Gasteiger partial charge in [0.25, 0.3) is 0 Å². The number of nitrogens with zero attached hydrogens (tertiary/aromatic N) is 2. The molecule has 1 aliphatic rings. The third-order valence-corrected chi connectivity index (χ3v) is 4.38. The zero-order valence-electron chi connectivity index (χ0n) is 13.7. The van der Waals surface area contributed by atoms with Crippen LogP contribution in [0.1, 0.15) is 44.7 Å². The Hall–Kier alpha value is -1.51. The van der Waals surface area contributed by atoms with Crippen molar-refractivity contribution in [3.8, 4) is 0 Å². The fourth-order valence-corrected chi connectivity index (χ4v) is 3.17. The van der Waals surface area contributed by atoms with Crippen molar-refractivity contribution < 1.29 is 4.79 Å². The number of piperazine rings is 1. The van der Waals surface area contributed by atoms with Crippen molar-refractivity contribution in [1.29, 1.82) is 0 Å². The molecule has 0 spiro atoms. The van der Waals surface area contributed by atoms with Gasteiger partial charge in [0.05, 0.1) is 0 Å². The van der Waals surface area contributed by atoms with Crippen molar-refractivity contribution >= 4 is 11.6 Å². The van der Waals surface area contributed by atoms with Gasteiger partial charge in [0.2, 0.25) is 5.91 Å². The molecule has 1 fully saturated rings. The lowest BCUT2D eigenvalue weighted by Gasteiger charge is -2.38. The fraction of sp³-hybridized carbons (Fsp3) is 0.611. The number of hydrogen-bond acceptors (Lipinski definition) is 2. The van der Waals surface area contributed by atoms with E-state index >= 15 is 0 Å². The standard InChI is InChI=1S/C18H28N2O/c1-4-8-17(21)19-11-13-20(14-12-19)18-15(5-2)9-7-10-16(18)6-3/h7,9-10H,4-6,8,11-14H2,1-3H3. The predicted octanol–water partition coefficient (Wildman–Crippen LogP) is 3.26. The Morgan fingerprint density at radius 3 is 2.05 bits per heavy atom. The first-order valence-corrected chi connectivity index (χ1v) is 8.34. The summed E-state index contributed by atoms with van der Waals surface area (Å²) in [6, 6.07) is 6.65. The fourth-order valence-electron chi connectivity index (χ4n) is 3.17. The van der Waals surface area contributed by atoms with E-state index in [2.05, 4.69) is 43.9 Å². The van der Waals surface area contributed by atoms with Crippen LogP contribution in [0.2, 0.25) is 0 Å². The number of carbonyl (C=O) groups excluding carboxylic acids is 1. The van der Waals surface area contributed by atoms with E-state index in [1.807, 2.05) is 4.90 Å². The van der Waals surface area contributed by atoms with E-state index in [9.17, 15) is 4.79 Å². The summed E-state index contributed by atoms with van der Waals surface area (Å²) in [6.45, 7) is 10.1. The lowest BCUT2D eigenvalue weighted by molar-refractivity contribution is -0.131. The Balaban J connectivity index is 2.10. The highest BCUT2D eigenvalue weighted by atomic mass is 16.2. The summed E-state index contributed by atoms with van der Waals surface area (Å²) in [5.41, 5.74) is 4.29. The molecule has 0 radical (unpaired) electrons. The van der Waals surface area contributed by atoms with Crippen LogP contribution in [0.15, 0.2) is 18.2 Å². The van der Waals surface area contributed by atoms with Crippen LogP contribution in [-0.4, -0.2) is 37.0 Å². The molecule has 0 N–H and O–H groups in total. The molecule has 1 aromatic rings.